The van der Waals surface area contributed by atoms with Crippen LogP contribution >= 0.6 is 0 Å². The van der Waals surface area contributed by atoms with Crippen LogP contribution in [-0.4, -0.2) is 18.0 Å². The molecule has 0 N–H and O–H groups in total. The van der Waals surface area contributed by atoms with Crippen LogP contribution in [0.15, 0.2) is 83.5 Å². The quantitative estimate of drug-likeness (QED) is 0.133. The Hall–Kier alpha value is -3.44. The molecule has 3 aromatic heterocycles. The number of para-hydroxylation sites is 1. The first kappa shape index (κ1) is 26.2. The number of pyridine rings is 2. The SMILES string of the molecule is Cc1ccnc(-c2[c-]ccc3c2oc2ccccc23)c1.[2H]C([2H])([2H])c1c[c-]c(-c2cc(C([2H])(C)C)c([Si](C)(C)C)cn2)c(F)c1.[Ir]. The van der Waals surface area contributed by atoms with Crippen molar-refractivity contribution in [2.24, 2.45) is 0 Å². The Morgan fingerprint density at radius 2 is 1.69 bits per heavy atom. The zero-order valence-electron chi connectivity index (χ0n) is 28.5. The average Bonchev–Trinajstić information content (AvgIpc) is 3.35. The van der Waals surface area contributed by atoms with Crippen molar-refractivity contribution in [1.29, 1.82) is 0 Å². The third-order valence-electron chi connectivity index (χ3n) is 6.91. The number of furan rings is 1. The predicted molar refractivity (Wildman–Crippen MR) is 171 cm³/mol. The van der Waals surface area contributed by atoms with Gasteiger partial charge in [-0.3, -0.25) is 4.39 Å². The second-order valence-electron chi connectivity index (χ2n) is 11.4. The number of aryl methyl sites for hydroxylation is 2. The molecule has 42 heavy (non-hydrogen) atoms. The molecule has 0 atom stereocenters. The van der Waals surface area contributed by atoms with Gasteiger partial charge in [0.05, 0.1) is 13.7 Å². The second-order valence-corrected chi connectivity index (χ2v) is 16.4. The molecule has 0 amide bonds. The van der Waals surface area contributed by atoms with Crippen LogP contribution in [0.1, 0.15) is 41.9 Å². The van der Waals surface area contributed by atoms with Crippen LogP contribution < -0.4 is 5.19 Å². The maximum Gasteiger partial charge on any atom is 0.120 e. The number of aromatic nitrogens is 2. The number of fused-ring (bicyclic) bond motifs is 3. The molecule has 0 bridgehead atoms. The van der Waals surface area contributed by atoms with E-state index < -0.39 is 26.6 Å². The zero-order chi connectivity index (χ0) is 32.7. The normalized spacial score (nSPS) is 13.3. The number of halogens is 1. The largest absolute Gasteiger partial charge is 0.501 e. The fourth-order valence-electron chi connectivity index (χ4n) is 4.82. The topological polar surface area (TPSA) is 38.9 Å². The molecule has 217 valence electrons. The summed E-state index contributed by atoms with van der Waals surface area (Å²) in [5, 5.41) is 3.30. The van der Waals surface area contributed by atoms with Crippen molar-refractivity contribution < 1.29 is 34.4 Å². The van der Waals surface area contributed by atoms with E-state index in [1.807, 2.05) is 42.6 Å². The maximum absolute atomic E-state index is 14.5. The van der Waals surface area contributed by atoms with Gasteiger partial charge in [0.25, 0.3) is 0 Å². The van der Waals surface area contributed by atoms with Crippen LogP contribution in [0.25, 0.3) is 44.5 Å². The van der Waals surface area contributed by atoms with Gasteiger partial charge in [-0.1, -0.05) is 98.3 Å². The number of benzene rings is 3. The van der Waals surface area contributed by atoms with Crippen LogP contribution in [0, 0.1) is 31.7 Å². The van der Waals surface area contributed by atoms with Gasteiger partial charge in [0.15, 0.2) is 0 Å². The van der Waals surface area contributed by atoms with Crippen LogP contribution in [0.4, 0.5) is 4.39 Å². The van der Waals surface area contributed by atoms with Gasteiger partial charge in [-0.05, 0) is 41.5 Å². The third-order valence-corrected chi connectivity index (χ3v) is 8.92. The van der Waals surface area contributed by atoms with Crippen LogP contribution in [0.5, 0.6) is 0 Å². The Balaban J connectivity index is 0.000000208. The van der Waals surface area contributed by atoms with Gasteiger partial charge >= 0.3 is 0 Å². The van der Waals surface area contributed by atoms with Gasteiger partial charge in [0.1, 0.15) is 5.58 Å². The molecule has 0 unspecified atom stereocenters. The van der Waals surface area contributed by atoms with Crippen LogP contribution in [0.3, 0.4) is 0 Å². The third kappa shape index (κ3) is 6.62. The number of hydrogen-bond donors (Lipinski definition) is 0. The zero-order valence-corrected chi connectivity index (χ0v) is 27.9. The van der Waals surface area contributed by atoms with Gasteiger partial charge < -0.3 is 14.4 Å². The first-order chi connectivity index (χ1) is 21.0. The molecule has 3 nitrogen and oxygen atoms in total. The second kappa shape index (κ2) is 12.8. The average molecular weight is 755 g/mol. The Bertz CT molecular complexity index is 2010. The molecule has 0 aliphatic carbocycles. The number of nitrogens with zero attached hydrogens (tertiary/aromatic N) is 2. The first-order valence-electron chi connectivity index (χ1n) is 15.5. The van der Waals surface area contributed by atoms with E-state index in [0.29, 0.717) is 5.69 Å². The summed E-state index contributed by atoms with van der Waals surface area (Å²) in [5.74, 6) is -1.52. The van der Waals surface area contributed by atoms with E-state index in [0.717, 1.165) is 50.0 Å². The molecule has 0 saturated heterocycles. The van der Waals surface area contributed by atoms with E-state index in [1.54, 1.807) is 26.1 Å². The number of rotatable bonds is 4. The fraction of sp³-hybridized carbons (Fsp3) is 0.222. The first-order valence-corrected chi connectivity index (χ1v) is 17.0. The maximum atomic E-state index is 14.5. The summed E-state index contributed by atoms with van der Waals surface area (Å²) in [6.07, 6.45) is 3.55. The molecule has 0 aliphatic rings. The monoisotopic (exact) mass is 755 g/mol. The Morgan fingerprint density at radius 1 is 0.929 bits per heavy atom. The van der Waals surface area contributed by atoms with E-state index in [1.165, 1.54) is 11.6 Å². The van der Waals surface area contributed by atoms with Gasteiger partial charge in [0, 0.05) is 49.2 Å². The van der Waals surface area contributed by atoms with E-state index in [9.17, 15) is 4.39 Å². The molecule has 0 fully saturated rings. The molecule has 3 heterocycles. The molecule has 1 radical (unpaired) electrons. The van der Waals surface area contributed by atoms with Crippen molar-refractivity contribution in [1.82, 2.24) is 9.97 Å². The van der Waals surface area contributed by atoms with Gasteiger partial charge in [0.2, 0.25) is 0 Å². The van der Waals surface area contributed by atoms with Gasteiger partial charge in [-0.15, -0.1) is 42.0 Å². The molecular formula is C36H35FIrN2OSi-2. The van der Waals surface area contributed by atoms with E-state index in [2.05, 4.69) is 60.8 Å². The Morgan fingerprint density at radius 3 is 2.38 bits per heavy atom. The summed E-state index contributed by atoms with van der Waals surface area (Å²) in [6.45, 7) is 9.81. The van der Waals surface area contributed by atoms with Crippen molar-refractivity contribution >= 4 is 35.2 Å². The Kier molecular flexibility index (Phi) is 8.00. The van der Waals surface area contributed by atoms with Crippen molar-refractivity contribution in [2.75, 3.05) is 0 Å². The summed E-state index contributed by atoms with van der Waals surface area (Å²) in [7, 11) is -1.72. The van der Waals surface area contributed by atoms with E-state index in [-0.39, 0.29) is 31.2 Å². The van der Waals surface area contributed by atoms with Crippen LogP contribution in [0.2, 0.25) is 19.6 Å². The molecular weight excluding hydrogens is 716 g/mol. The summed E-state index contributed by atoms with van der Waals surface area (Å²) < 4.78 is 51.0. The van der Waals surface area contributed by atoms with Crippen molar-refractivity contribution in [2.45, 2.75) is 53.2 Å². The molecule has 6 rings (SSSR count). The predicted octanol–water partition coefficient (Wildman–Crippen LogP) is 9.42. The minimum Gasteiger partial charge on any atom is -0.501 e. The fourth-order valence-corrected chi connectivity index (χ4v) is 6.40. The van der Waals surface area contributed by atoms with Crippen molar-refractivity contribution in [3.05, 3.63) is 114 Å². The van der Waals surface area contributed by atoms with Crippen LogP contribution in [-0.2, 0) is 20.1 Å². The minimum atomic E-state index is -2.38. The molecule has 6 heteroatoms. The number of hydrogen-bond acceptors (Lipinski definition) is 3. The molecule has 0 spiro atoms. The molecule has 3 aromatic carbocycles. The van der Waals surface area contributed by atoms with E-state index >= 15 is 0 Å². The Labute approximate surface area is 268 Å². The van der Waals surface area contributed by atoms with Crippen molar-refractivity contribution in [3.63, 3.8) is 0 Å². The standard InChI is InChI=1S/C18H23FNSi.C18H12NO.Ir/c1-12(2)15-10-17(20-11-18(15)21(4,5)6)14-8-7-13(3)9-16(14)19;1-12-9-10-19-16(11-12)15-7-4-6-14-13-5-2-3-8-17(13)20-18(14)15;/h7,9-12H,1-6H3;2-6,8-11H,1H3;/q2*-1;/i3D3,12D;;. The molecule has 0 saturated carbocycles. The van der Waals surface area contributed by atoms with Crippen molar-refractivity contribution in [3.8, 4) is 22.5 Å². The van der Waals surface area contributed by atoms with Gasteiger partial charge in [-0.2, -0.15) is 0 Å². The molecule has 0 aliphatic heterocycles. The molecule has 6 aromatic rings. The summed E-state index contributed by atoms with van der Waals surface area (Å²) in [6, 6.07) is 26.1. The van der Waals surface area contributed by atoms with Gasteiger partial charge in [-0.25, -0.2) is 0 Å². The minimum absolute atomic E-state index is 0. The van der Waals surface area contributed by atoms with E-state index in [4.69, 9.17) is 9.90 Å². The summed E-state index contributed by atoms with van der Waals surface area (Å²) in [4.78, 5) is 8.82. The summed E-state index contributed by atoms with van der Waals surface area (Å²) in [5.41, 5.74) is 5.97. The smallest absolute Gasteiger partial charge is 0.120 e. The summed E-state index contributed by atoms with van der Waals surface area (Å²) >= 11 is 0.